The number of fused-ring (bicyclic) bond motifs is 2. The Kier molecular flexibility index (Phi) is 4.89. The third kappa shape index (κ3) is 2.85. The number of carbonyl (C=O) groups excluding carboxylic acids is 1. The third-order valence-corrected chi connectivity index (χ3v) is 5.97. The number of hydrogen-bond acceptors (Lipinski definition) is 5. The van der Waals surface area contributed by atoms with E-state index < -0.39 is 11.5 Å². The van der Waals surface area contributed by atoms with E-state index in [2.05, 4.69) is 13.8 Å². The van der Waals surface area contributed by atoms with Crippen LogP contribution in [0.1, 0.15) is 26.7 Å². The predicted octanol–water partition coefficient (Wildman–Crippen LogP) is 3.58. The molecule has 0 aliphatic heterocycles. The number of allylic oxidation sites excluding steroid dienone is 1. The highest BCUT2D eigenvalue weighted by molar-refractivity contribution is 5.95. The summed E-state index contributed by atoms with van der Waals surface area (Å²) in [5.74, 6) is 1.83. The van der Waals surface area contributed by atoms with Crippen LogP contribution >= 0.6 is 0 Å². The van der Waals surface area contributed by atoms with Gasteiger partial charge in [-0.1, -0.05) is 13.8 Å². The number of rotatable bonds is 7. The number of carbonyl (C=O) groups is 1. The smallest absolute Gasteiger partial charge is 0.172 e. The molecule has 0 unspecified atom stereocenters. The fraction of sp³-hybridized carbons (Fsp3) is 0.550. The predicted molar refractivity (Wildman–Crippen MR) is 93.5 cm³/mol. The van der Waals surface area contributed by atoms with Gasteiger partial charge in [-0.05, 0) is 54.5 Å². The lowest BCUT2D eigenvalue weighted by Gasteiger charge is -2.32. The summed E-state index contributed by atoms with van der Waals surface area (Å²) in [4.78, 5) is 13.0. The fourth-order valence-corrected chi connectivity index (χ4v) is 4.40. The van der Waals surface area contributed by atoms with Gasteiger partial charge in [0.2, 0.25) is 0 Å². The molecule has 2 aliphatic carbocycles. The van der Waals surface area contributed by atoms with Crippen LogP contribution in [-0.2, 0) is 14.3 Å². The van der Waals surface area contributed by atoms with Gasteiger partial charge in [0.1, 0.15) is 24.4 Å². The molecule has 0 spiro atoms. The summed E-state index contributed by atoms with van der Waals surface area (Å²) < 4.78 is 21.5. The highest BCUT2D eigenvalue weighted by Crippen LogP contribution is 2.65. The van der Waals surface area contributed by atoms with Crippen molar-refractivity contribution in [2.24, 2.45) is 16.7 Å². The van der Waals surface area contributed by atoms with Gasteiger partial charge in [-0.25, -0.2) is 0 Å². The van der Waals surface area contributed by atoms with Gasteiger partial charge in [0.05, 0.1) is 18.8 Å². The Balaban J connectivity index is 1.76. The minimum absolute atomic E-state index is 0.139. The van der Waals surface area contributed by atoms with Crippen LogP contribution in [0.4, 0.5) is 0 Å². The van der Waals surface area contributed by atoms with Gasteiger partial charge in [0, 0.05) is 7.11 Å². The van der Waals surface area contributed by atoms with E-state index in [1.54, 1.807) is 20.5 Å². The Labute approximate surface area is 148 Å². The maximum absolute atomic E-state index is 13.0. The summed E-state index contributed by atoms with van der Waals surface area (Å²) in [6, 6.07) is 7.35. The Morgan fingerprint density at radius 2 is 1.84 bits per heavy atom. The van der Waals surface area contributed by atoms with Crippen LogP contribution in [0.3, 0.4) is 0 Å². The molecule has 1 aromatic rings. The van der Waals surface area contributed by atoms with Crippen molar-refractivity contribution < 1.29 is 23.7 Å². The number of Topliss-reactive ketones (excluding diaryl/α,β-unsaturated/α-hetero) is 1. The molecule has 2 aliphatic rings. The van der Waals surface area contributed by atoms with Crippen LogP contribution in [0.5, 0.6) is 11.5 Å². The minimum atomic E-state index is -0.539. The highest BCUT2D eigenvalue weighted by Gasteiger charge is 2.68. The monoisotopic (exact) mass is 346 g/mol. The number of methoxy groups -OCH3 is 2. The Hall–Kier alpha value is -1.85. The minimum Gasteiger partial charge on any atom is -0.497 e. The van der Waals surface area contributed by atoms with Crippen LogP contribution in [0, 0.1) is 16.7 Å². The normalized spacial score (nSPS) is 30.2. The lowest BCUT2D eigenvalue weighted by atomic mass is 9.69. The van der Waals surface area contributed by atoms with Gasteiger partial charge in [-0.2, -0.15) is 0 Å². The maximum atomic E-state index is 13.0. The molecule has 1 aromatic carbocycles. The number of benzene rings is 1. The average Bonchev–Trinajstić information content (AvgIpc) is 2.95. The molecule has 2 saturated carbocycles. The second kappa shape index (κ2) is 6.81. The molecule has 5 nitrogen and oxygen atoms in total. The van der Waals surface area contributed by atoms with Crippen LogP contribution in [0.2, 0.25) is 0 Å². The van der Waals surface area contributed by atoms with E-state index >= 15 is 0 Å². The molecular formula is C20H26O5. The Morgan fingerprint density at radius 3 is 2.48 bits per heavy atom. The topological polar surface area (TPSA) is 54.0 Å². The molecule has 0 radical (unpaired) electrons. The molecule has 0 saturated heterocycles. The average molecular weight is 346 g/mol. The van der Waals surface area contributed by atoms with Crippen molar-refractivity contribution in [3.8, 4) is 11.5 Å². The SMILES string of the molecule is COCO[C@@H]1C(=O)[C@@]2(/C=C/Oc3ccc(OC)cc3)CC[C@H]1C2(C)C. The van der Waals surface area contributed by atoms with Gasteiger partial charge in [0.25, 0.3) is 0 Å². The van der Waals surface area contributed by atoms with Gasteiger partial charge in [0.15, 0.2) is 5.78 Å². The van der Waals surface area contributed by atoms with E-state index in [0.717, 1.165) is 18.6 Å². The first-order valence-corrected chi connectivity index (χ1v) is 8.59. The summed E-state index contributed by atoms with van der Waals surface area (Å²) in [5, 5.41) is 0. The van der Waals surface area contributed by atoms with E-state index in [1.165, 1.54) is 0 Å². The molecule has 5 heteroatoms. The zero-order valence-electron chi connectivity index (χ0n) is 15.3. The number of ether oxygens (including phenoxy) is 4. The van der Waals surface area contributed by atoms with Gasteiger partial charge >= 0.3 is 0 Å². The molecule has 0 heterocycles. The Bertz CT molecular complexity index is 649. The second-order valence-corrected chi connectivity index (χ2v) is 7.29. The molecule has 2 bridgehead atoms. The van der Waals surface area contributed by atoms with E-state index in [4.69, 9.17) is 18.9 Å². The first-order chi connectivity index (χ1) is 12.0. The lowest BCUT2D eigenvalue weighted by molar-refractivity contribution is -0.146. The van der Waals surface area contributed by atoms with E-state index in [1.807, 2.05) is 30.3 Å². The summed E-state index contributed by atoms with van der Waals surface area (Å²) in [6.45, 7) is 4.44. The summed E-state index contributed by atoms with van der Waals surface area (Å²) >= 11 is 0. The molecule has 3 atom stereocenters. The zero-order chi connectivity index (χ0) is 18.1. The molecule has 25 heavy (non-hydrogen) atoms. The summed E-state index contributed by atoms with van der Waals surface area (Å²) in [7, 11) is 3.20. The second-order valence-electron chi connectivity index (χ2n) is 7.29. The van der Waals surface area contributed by atoms with Crippen molar-refractivity contribution in [1.29, 1.82) is 0 Å². The quantitative estimate of drug-likeness (QED) is 0.558. The highest BCUT2D eigenvalue weighted by atomic mass is 16.7. The summed E-state index contributed by atoms with van der Waals surface area (Å²) in [6.07, 6.45) is 4.98. The van der Waals surface area contributed by atoms with Gasteiger partial charge < -0.3 is 18.9 Å². The lowest BCUT2D eigenvalue weighted by Crippen LogP contribution is -2.37. The molecule has 2 fully saturated rings. The maximum Gasteiger partial charge on any atom is 0.172 e. The molecule has 136 valence electrons. The van der Waals surface area contributed by atoms with E-state index in [0.29, 0.717) is 5.75 Å². The van der Waals surface area contributed by atoms with Crippen molar-refractivity contribution in [3.63, 3.8) is 0 Å². The molecule has 0 aromatic heterocycles. The Morgan fingerprint density at radius 1 is 1.16 bits per heavy atom. The van der Waals surface area contributed by atoms with E-state index in [-0.39, 0.29) is 23.9 Å². The largest absolute Gasteiger partial charge is 0.497 e. The van der Waals surface area contributed by atoms with Gasteiger partial charge in [-0.3, -0.25) is 4.79 Å². The molecule has 0 amide bonds. The molecular weight excluding hydrogens is 320 g/mol. The van der Waals surface area contributed by atoms with Gasteiger partial charge in [-0.15, -0.1) is 0 Å². The molecule has 3 rings (SSSR count). The van der Waals surface area contributed by atoms with Crippen molar-refractivity contribution in [2.45, 2.75) is 32.8 Å². The first-order valence-electron chi connectivity index (χ1n) is 8.59. The first kappa shape index (κ1) is 18.0. The standard InChI is InChI=1S/C20H26O5/c1-19(2)16-9-10-20(19,18(21)17(16)25-13-22-3)11-12-24-15-7-5-14(23-4)6-8-15/h5-8,11-12,16-17H,9-10,13H2,1-4H3/b12-11+/t16-,17+,20+/m1/s1. The number of ketones is 1. The van der Waals surface area contributed by atoms with Crippen LogP contribution < -0.4 is 9.47 Å². The van der Waals surface area contributed by atoms with Crippen molar-refractivity contribution in [3.05, 3.63) is 36.6 Å². The van der Waals surface area contributed by atoms with Crippen LogP contribution in [0.25, 0.3) is 0 Å². The van der Waals surface area contributed by atoms with Crippen LogP contribution in [-0.4, -0.2) is 32.9 Å². The fourth-order valence-electron chi connectivity index (χ4n) is 4.40. The van der Waals surface area contributed by atoms with Crippen molar-refractivity contribution in [2.75, 3.05) is 21.0 Å². The van der Waals surface area contributed by atoms with Crippen molar-refractivity contribution >= 4 is 5.78 Å². The van der Waals surface area contributed by atoms with Crippen molar-refractivity contribution in [1.82, 2.24) is 0 Å². The van der Waals surface area contributed by atoms with Crippen LogP contribution in [0.15, 0.2) is 36.6 Å². The zero-order valence-corrected chi connectivity index (χ0v) is 15.3. The third-order valence-electron chi connectivity index (χ3n) is 5.97. The van der Waals surface area contributed by atoms with E-state index in [9.17, 15) is 4.79 Å². The summed E-state index contributed by atoms with van der Waals surface area (Å²) in [5.41, 5.74) is -0.704. The number of hydrogen-bond donors (Lipinski definition) is 0. The molecule has 0 N–H and O–H groups in total.